The molecule has 2 aromatic rings. The highest BCUT2D eigenvalue weighted by atomic mass is 79.9. The summed E-state index contributed by atoms with van der Waals surface area (Å²) >= 11 is 4.58. The number of aromatic nitrogens is 2. The first kappa shape index (κ1) is 14.1. The lowest BCUT2D eigenvalue weighted by Gasteiger charge is -2.07. The van der Waals surface area contributed by atoms with Crippen LogP contribution in [0.15, 0.2) is 22.7 Å². The fraction of sp³-hybridized carbons (Fsp3) is 0.308. The average Bonchev–Trinajstić information content (AvgIpc) is 2.83. The van der Waals surface area contributed by atoms with E-state index in [1.54, 1.807) is 0 Å². The molecule has 1 N–H and O–H groups in total. The topological polar surface area (TPSA) is 54.9 Å². The van der Waals surface area contributed by atoms with Crippen molar-refractivity contribution in [3.63, 3.8) is 0 Å². The summed E-state index contributed by atoms with van der Waals surface area (Å²) in [6, 6.07) is 5.71. The van der Waals surface area contributed by atoms with E-state index in [0.717, 1.165) is 32.9 Å². The maximum absolute atomic E-state index is 12.2. The number of benzene rings is 1. The van der Waals surface area contributed by atoms with Crippen molar-refractivity contribution in [1.82, 2.24) is 9.59 Å². The highest BCUT2D eigenvalue weighted by Crippen LogP contribution is 2.23. The maximum atomic E-state index is 12.2. The number of carbonyl (C=O) groups excluding carboxylic acids is 1. The first-order chi connectivity index (χ1) is 8.99. The van der Waals surface area contributed by atoms with E-state index >= 15 is 0 Å². The molecule has 0 bridgehead atoms. The van der Waals surface area contributed by atoms with Gasteiger partial charge in [-0.1, -0.05) is 40.3 Å². The number of amides is 1. The Kier molecular flexibility index (Phi) is 4.31. The summed E-state index contributed by atoms with van der Waals surface area (Å²) in [5.41, 5.74) is 2.62. The second-order valence-electron chi connectivity index (χ2n) is 4.56. The summed E-state index contributed by atoms with van der Waals surface area (Å²) < 4.78 is 4.83. The van der Waals surface area contributed by atoms with E-state index in [2.05, 4.69) is 30.8 Å². The molecule has 0 unspecified atom stereocenters. The largest absolute Gasteiger partial charge is 0.321 e. The standard InChI is InChI=1S/C13H14BrN3OS/c1-7(2)11-12(19-17-16-11)13(18)15-9-5-4-8(3)10(14)6-9/h4-7H,1-3H3,(H,15,18). The molecule has 0 aliphatic carbocycles. The molecule has 0 aliphatic heterocycles. The monoisotopic (exact) mass is 339 g/mol. The minimum absolute atomic E-state index is 0.158. The molecule has 0 aliphatic rings. The number of hydrogen-bond donors (Lipinski definition) is 1. The van der Waals surface area contributed by atoms with Crippen molar-refractivity contribution >= 4 is 39.1 Å². The van der Waals surface area contributed by atoms with Crippen molar-refractivity contribution in [2.45, 2.75) is 26.7 Å². The molecule has 1 heterocycles. The van der Waals surface area contributed by atoms with Crippen LogP contribution in [0.2, 0.25) is 0 Å². The molecule has 6 heteroatoms. The van der Waals surface area contributed by atoms with E-state index in [9.17, 15) is 4.79 Å². The number of nitrogens with one attached hydrogen (secondary N) is 1. The molecule has 1 amide bonds. The van der Waals surface area contributed by atoms with Crippen LogP contribution < -0.4 is 5.32 Å². The Morgan fingerprint density at radius 2 is 2.16 bits per heavy atom. The second-order valence-corrected chi connectivity index (χ2v) is 6.17. The molecule has 0 spiro atoms. The van der Waals surface area contributed by atoms with Gasteiger partial charge in [0.15, 0.2) is 0 Å². The minimum atomic E-state index is -0.158. The Bertz CT molecular complexity index is 610. The van der Waals surface area contributed by atoms with Gasteiger partial charge in [-0.3, -0.25) is 4.79 Å². The minimum Gasteiger partial charge on any atom is -0.321 e. The Morgan fingerprint density at radius 3 is 2.79 bits per heavy atom. The van der Waals surface area contributed by atoms with Gasteiger partial charge in [-0.05, 0) is 42.1 Å². The van der Waals surface area contributed by atoms with Crippen molar-refractivity contribution in [2.24, 2.45) is 0 Å². The summed E-state index contributed by atoms with van der Waals surface area (Å²) in [6.07, 6.45) is 0. The van der Waals surface area contributed by atoms with E-state index in [0.29, 0.717) is 4.88 Å². The lowest BCUT2D eigenvalue weighted by atomic mass is 10.1. The third kappa shape index (κ3) is 3.19. The molecule has 0 atom stereocenters. The van der Waals surface area contributed by atoms with Crippen LogP contribution in [0.4, 0.5) is 5.69 Å². The molecule has 19 heavy (non-hydrogen) atoms. The number of nitrogens with zero attached hydrogens (tertiary/aromatic N) is 2. The molecule has 0 fully saturated rings. The van der Waals surface area contributed by atoms with Crippen molar-refractivity contribution < 1.29 is 4.79 Å². The summed E-state index contributed by atoms with van der Waals surface area (Å²) in [5.74, 6) is 0.0266. The van der Waals surface area contributed by atoms with Crippen LogP contribution in [0.5, 0.6) is 0 Å². The fourth-order valence-electron chi connectivity index (χ4n) is 1.59. The van der Waals surface area contributed by atoms with E-state index in [-0.39, 0.29) is 11.8 Å². The maximum Gasteiger partial charge on any atom is 0.269 e. The van der Waals surface area contributed by atoms with Gasteiger partial charge in [0.1, 0.15) is 4.88 Å². The zero-order valence-corrected chi connectivity index (χ0v) is 13.3. The molecule has 1 aromatic heterocycles. The highest BCUT2D eigenvalue weighted by molar-refractivity contribution is 9.10. The van der Waals surface area contributed by atoms with Gasteiger partial charge in [0.05, 0.1) is 5.69 Å². The highest BCUT2D eigenvalue weighted by Gasteiger charge is 2.18. The van der Waals surface area contributed by atoms with Crippen LogP contribution in [0.25, 0.3) is 0 Å². The number of halogens is 1. The SMILES string of the molecule is Cc1ccc(NC(=O)c2snnc2C(C)C)cc1Br. The van der Waals surface area contributed by atoms with E-state index in [4.69, 9.17) is 0 Å². The van der Waals surface area contributed by atoms with Crippen LogP contribution in [0.3, 0.4) is 0 Å². The van der Waals surface area contributed by atoms with Gasteiger partial charge in [-0.2, -0.15) is 0 Å². The van der Waals surface area contributed by atoms with Gasteiger partial charge in [0.2, 0.25) is 0 Å². The first-order valence-electron chi connectivity index (χ1n) is 5.88. The summed E-state index contributed by atoms with van der Waals surface area (Å²) in [5, 5.41) is 6.88. The van der Waals surface area contributed by atoms with Crippen LogP contribution in [0.1, 0.15) is 40.7 Å². The molecule has 100 valence electrons. The second kappa shape index (κ2) is 5.79. The van der Waals surface area contributed by atoms with Crippen LogP contribution >= 0.6 is 27.5 Å². The molecular weight excluding hydrogens is 326 g/mol. The van der Waals surface area contributed by atoms with Crippen molar-refractivity contribution in [3.05, 3.63) is 38.8 Å². The van der Waals surface area contributed by atoms with Gasteiger partial charge < -0.3 is 5.32 Å². The predicted octanol–water partition coefficient (Wildman–Crippen LogP) is 3.98. The Hall–Kier alpha value is -1.27. The van der Waals surface area contributed by atoms with Gasteiger partial charge in [-0.15, -0.1) is 5.10 Å². The van der Waals surface area contributed by atoms with Gasteiger partial charge in [0.25, 0.3) is 5.91 Å². The van der Waals surface area contributed by atoms with Crippen molar-refractivity contribution in [1.29, 1.82) is 0 Å². The Morgan fingerprint density at radius 1 is 1.42 bits per heavy atom. The van der Waals surface area contributed by atoms with Gasteiger partial charge in [0, 0.05) is 10.2 Å². The van der Waals surface area contributed by atoms with E-state index in [1.807, 2.05) is 39.0 Å². The number of hydrogen-bond acceptors (Lipinski definition) is 4. The number of anilines is 1. The number of aryl methyl sites for hydroxylation is 1. The van der Waals surface area contributed by atoms with Crippen LogP contribution in [-0.2, 0) is 0 Å². The molecule has 0 saturated heterocycles. The zero-order valence-electron chi connectivity index (χ0n) is 10.9. The lowest BCUT2D eigenvalue weighted by molar-refractivity contribution is 0.102. The van der Waals surface area contributed by atoms with Crippen LogP contribution in [0, 0.1) is 6.92 Å². The predicted molar refractivity (Wildman–Crippen MR) is 80.8 cm³/mol. The summed E-state index contributed by atoms with van der Waals surface area (Å²) in [7, 11) is 0. The molecule has 0 radical (unpaired) electrons. The van der Waals surface area contributed by atoms with E-state index in [1.165, 1.54) is 0 Å². The van der Waals surface area contributed by atoms with Gasteiger partial charge >= 0.3 is 0 Å². The molecule has 1 aromatic carbocycles. The Balaban J connectivity index is 2.21. The zero-order chi connectivity index (χ0) is 14.0. The third-order valence-electron chi connectivity index (χ3n) is 2.70. The summed E-state index contributed by atoms with van der Waals surface area (Å²) in [6.45, 7) is 5.99. The molecular formula is C13H14BrN3OS. The quantitative estimate of drug-likeness (QED) is 0.919. The van der Waals surface area contributed by atoms with Gasteiger partial charge in [-0.25, -0.2) is 0 Å². The smallest absolute Gasteiger partial charge is 0.269 e. The normalized spacial score (nSPS) is 10.8. The average molecular weight is 340 g/mol. The first-order valence-corrected chi connectivity index (χ1v) is 7.45. The molecule has 4 nitrogen and oxygen atoms in total. The Labute approximate surface area is 124 Å². The van der Waals surface area contributed by atoms with E-state index < -0.39 is 0 Å². The summed E-state index contributed by atoms with van der Waals surface area (Å²) in [4.78, 5) is 12.8. The van der Waals surface area contributed by atoms with Crippen molar-refractivity contribution in [3.8, 4) is 0 Å². The fourth-order valence-corrected chi connectivity index (χ4v) is 2.68. The number of rotatable bonds is 3. The third-order valence-corrected chi connectivity index (χ3v) is 4.29. The molecule has 2 rings (SSSR count). The molecule has 0 saturated carbocycles. The lowest BCUT2D eigenvalue weighted by Crippen LogP contribution is -2.13. The van der Waals surface area contributed by atoms with Crippen LogP contribution in [-0.4, -0.2) is 15.5 Å². The van der Waals surface area contributed by atoms with Crippen molar-refractivity contribution in [2.75, 3.05) is 5.32 Å². The number of carbonyl (C=O) groups is 1.